The number of allylic oxidation sites excluding steroid dienone is 4. The SMILES string of the molecule is CC1=C(C(=O)O)CC[C@]2(C)C3=C(CC[C@@H]12)C(=O)C(C(C)CO)=CC3=O. The molecule has 134 valence electrons. The highest BCUT2D eigenvalue weighted by molar-refractivity contribution is 6.23. The van der Waals surface area contributed by atoms with E-state index in [1.54, 1.807) is 6.92 Å². The van der Waals surface area contributed by atoms with Crippen molar-refractivity contribution in [1.29, 1.82) is 0 Å². The molecule has 0 saturated heterocycles. The van der Waals surface area contributed by atoms with Crippen LogP contribution in [0.3, 0.4) is 0 Å². The lowest BCUT2D eigenvalue weighted by Gasteiger charge is -2.48. The maximum absolute atomic E-state index is 12.9. The zero-order valence-corrected chi connectivity index (χ0v) is 14.9. The molecule has 0 spiro atoms. The van der Waals surface area contributed by atoms with Crippen LogP contribution in [0.15, 0.2) is 33.9 Å². The number of hydrogen-bond acceptors (Lipinski definition) is 4. The maximum atomic E-state index is 12.9. The van der Waals surface area contributed by atoms with Gasteiger partial charge in [0, 0.05) is 40.2 Å². The second-order valence-corrected chi connectivity index (χ2v) is 7.71. The molecule has 3 rings (SSSR count). The molecule has 3 atom stereocenters. The van der Waals surface area contributed by atoms with Gasteiger partial charge in [-0.15, -0.1) is 0 Å². The Morgan fingerprint density at radius 2 is 2.04 bits per heavy atom. The number of carboxylic acid groups (broad SMARTS) is 1. The van der Waals surface area contributed by atoms with Crippen LogP contribution in [0.25, 0.3) is 0 Å². The van der Waals surface area contributed by atoms with Crippen LogP contribution in [0, 0.1) is 17.3 Å². The fourth-order valence-corrected chi connectivity index (χ4v) is 4.89. The lowest BCUT2D eigenvalue weighted by molar-refractivity contribution is -0.133. The Morgan fingerprint density at radius 1 is 1.36 bits per heavy atom. The molecule has 0 radical (unpaired) electrons. The fraction of sp³-hybridized carbons (Fsp3) is 0.550. The Morgan fingerprint density at radius 3 is 2.64 bits per heavy atom. The second-order valence-electron chi connectivity index (χ2n) is 7.71. The second kappa shape index (κ2) is 6.06. The number of Topliss-reactive ketones (excluding diaryl/α,β-unsaturated/α-hetero) is 1. The summed E-state index contributed by atoms with van der Waals surface area (Å²) in [5, 5.41) is 18.8. The van der Waals surface area contributed by atoms with Crippen molar-refractivity contribution in [2.24, 2.45) is 17.3 Å². The van der Waals surface area contributed by atoms with E-state index in [0.717, 1.165) is 5.57 Å². The van der Waals surface area contributed by atoms with Gasteiger partial charge in [0.25, 0.3) is 0 Å². The van der Waals surface area contributed by atoms with Gasteiger partial charge in [0.15, 0.2) is 11.6 Å². The summed E-state index contributed by atoms with van der Waals surface area (Å²) in [7, 11) is 0. The topological polar surface area (TPSA) is 91.7 Å². The smallest absolute Gasteiger partial charge is 0.331 e. The van der Waals surface area contributed by atoms with E-state index in [2.05, 4.69) is 0 Å². The van der Waals surface area contributed by atoms with Gasteiger partial charge >= 0.3 is 5.97 Å². The molecule has 1 unspecified atom stereocenters. The molecule has 5 nitrogen and oxygen atoms in total. The largest absolute Gasteiger partial charge is 0.478 e. The van der Waals surface area contributed by atoms with Crippen LogP contribution in [0.5, 0.6) is 0 Å². The number of hydrogen-bond donors (Lipinski definition) is 2. The lowest BCUT2D eigenvalue weighted by atomic mass is 9.54. The van der Waals surface area contributed by atoms with Crippen molar-refractivity contribution in [1.82, 2.24) is 0 Å². The summed E-state index contributed by atoms with van der Waals surface area (Å²) in [4.78, 5) is 37.2. The quantitative estimate of drug-likeness (QED) is 0.768. The van der Waals surface area contributed by atoms with Gasteiger partial charge in [-0.3, -0.25) is 9.59 Å². The molecule has 3 aliphatic carbocycles. The third kappa shape index (κ3) is 2.53. The van der Waals surface area contributed by atoms with Crippen molar-refractivity contribution < 1.29 is 24.6 Å². The molecule has 0 aromatic rings. The third-order valence-electron chi connectivity index (χ3n) is 6.35. The highest BCUT2D eigenvalue weighted by Gasteiger charge is 2.50. The monoisotopic (exact) mass is 344 g/mol. The molecule has 3 aliphatic rings. The number of carbonyl (C=O) groups excluding carboxylic acids is 2. The summed E-state index contributed by atoms with van der Waals surface area (Å²) in [6.45, 7) is 5.41. The zero-order valence-electron chi connectivity index (χ0n) is 14.9. The molecule has 2 N–H and O–H groups in total. The Bertz CT molecular complexity index is 767. The maximum Gasteiger partial charge on any atom is 0.331 e. The van der Waals surface area contributed by atoms with Crippen LogP contribution in [0.4, 0.5) is 0 Å². The molecule has 0 saturated carbocycles. The van der Waals surface area contributed by atoms with Crippen LogP contribution in [0.2, 0.25) is 0 Å². The molecule has 0 aromatic carbocycles. The van der Waals surface area contributed by atoms with E-state index in [1.165, 1.54) is 6.08 Å². The summed E-state index contributed by atoms with van der Waals surface area (Å²) in [6, 6.07) is 0. The predicted octanol–water partition coefficient (Wildman–Crippen LogP) is 2.60. The first kappa shape index (κ1) is 17.8. The Hall–Kier alpha value is -2.01. The van der Waals surface area contributed by atoms with Crippen LogP contribution in [0.1, 0.15) is 46.5 Å². The number of ketones is 2. The lowest BCUT2D eigenvalue weighted by Crippen LogP contribution is -2.43. The van der Waals surface area contributed by atoms with Crippen molar-refractivity contribution in [3.05, 3.63) is 33.9 Å². The van der Waals surface area contributed by atoms with Crippen molar-refractivity contribution >= 4 is 17.5 Å². The Labute approximate surface area is 147 Å². The molecule has 5 heteroatoms. The van der Waals surface area contributed by atoms with Crippen molar-refractivity contribution in [3.8, 4) is 0 Å². The normalized spacial score (nSPS) is 30.7. The van der Waals surface area contributed by atoms with Gasteiger partial charge in [-0.1, -0.05) is 19.4 Å². The van der Waals surface area contributed by atoms with E-state index < -0.39 is 11.4 Å². The number of aliphatic hydroxyl groups is 1. The average Bonchev–Trinajstić information content (AvgIpc) is 2.56. The van der Waals surface area contributed by atoms with Gasteiger partial charge in [-0.25, -0.2) is 4.79 Å². The number of carbonyl (C=O) groups is 3. The van der Waals surface area contributed by atoms with Crippen LogP contribution in [-0.4, -0.2) is 34.4 Å². The summed E-state index contributed by atoms with van der Waals surface area (Å²) < 4.78 is 0. The van der Waals surface area contributed by atoms with E-state index >= 15 is 0 Å². The standard InChI is InChI=1S/C20H24O5/c1-10(9-21)14-8-16(22)17-13(18(14)23)4-5-15-11(2)12(19(24)25)6-7-20(15,17)3/h8,10,15,21H,4-7,9H2,1-3H3,(H,24,25)/t10?,15-,20-/m0/s1. The molecule has 0 fully saturated rings. The summed E-state index contributed by atoms with van der Waals surface area (Å²) in [5.74, 6) is -1.54. The number of aliphatic hydroxyl groups excluding tert-OH is 1. The number of rotatable bonds is 3. The first-order chi connectivity index (χ1) is 11.7. The van der Waals surface area contributed by atoms with Crippen molar-refractivity contribution in [2.75, 3.05) is 6.61 Å². The van der Waals surface area contributed by atoms with Crippen LogP contribution < -0.4 is 0 Å². The van der Waals surface area contributed by atoms with Gasteiger partial charge in [-0.05, 0) is 44.6 Å². The zero-order chi connectivity index (χ0) is 18.5. The third-order valence-corrected chi connectivity index (χ3v) is 6.35. The number of fused-ring (bicyclic) bond motifs is 2. The summed E-state index contributed by atoms with van der Waals surface area (Å²) in [5.41, 5.74) is 2.34. The van der Waals surface area contributed by atoms with Gasteiger partial charge < -0.3 is 10.2 Å². The van der Waals surface area contributed by atoms with E-state index in [-0.39, 0.29) is 30.0 Å². The highest BCUT2D eigenvalue weighted by Crippen LogP contribution is 2.56. The molecule has 0 aliphatic heterocycles. The first-order valence-corrected chi connectivity index (χ1v) is 8.80. The molecule has 0 amide bonds. The summed E-state index contributed by atoms with van der Waals surface area (Å²) >= 11 is 0. The predicted molar refractivity (Wildman–Crippen MR) is 91.8 cm³/mol. The molecule has 25 heavy (non-hydrogen) atoms. The average molecular weight is 344 g/mol. The van der Waals surface area contributed by atoms with Crippen molar-refractivity contribution in [2.45, 2.75) is 46.5 Å². The van der Waals surface area contributed by atoms with E-state index in [9.17, 15) is 24.6 Å². The van der Waals surface area contributed by atoms with Gasteiger partial charge in [0.2, 0.25) is 0 Å². The molecule has 0 aromatic heterocycles. The molecule has 0 bridgehead atoms. The molecular formula is C20H24O5. The van der Waals surface area contributed by atoms with E-state index in [1.807, 2.05) is 13.8 Å². The van der Waals surface area contributed by atoms with Crippen LogP contribution >= 0.6 is 0 Å². The van der Waals surface area contributed by atoms with Gasteiger partial charge in [-0.2, -0.15) is 0 Å². The Balaban J connectivity index is 2.08. The Kier molecular flexibility index (Phi) is 4.31. The van der Waals surface area contributed by atoms with Gasteiger partial charge in [0.05, 0.1) is 0 Å². The minimum absolute atomic E-state index is 0.0203. The highest BCUT2D eigenvalue weighted by atomic mass is 16.4. The van der Waals surface area contributed by atoms with Crippen molar-refractivity contribution in [3.63, 3.8) is 0 Å². The van der Waals surface area contributed by atoms with Gasteiger partial charge in [0.1, 0.15) is 0 Å². The minimum Gasteiger partial charge on any atom is -0.478 e. The molecule has 0 heterocycles. The van der Waals surface area contributed by atoms with Crippen LogP contribution in [-0.2, 0) is 14.4 Å². The van der Waals surface area contributed by atoms with E-state index in [0.29, 0.717) is 48.0 Å². The summed E-state index contributed by atoms with van der Waals surface area (Å²) in [6.07, 6.45) is 3.53. The fourth-order valence-electron chi connectivity index (χ4n) is 4.89. The minimum atomic E-state index is -0.885. The number of aliphatic carboxylic acids is 1. The number of carboxylic acids is 1. The first-order valence-electron chi connectivity index (χ1n) is 8.80. The molecular weight excluding hydrogens is 320 g/mol. The van der Waals surface area contributed by atoms with E-state index in [4.69, 9.17) is 0 Å².